The highest BCUT2D eigenvalue weighted by molar-refractivity contribution is 7.09. The Morgan fingerprint density at radius 3 is 2.43 bits per heavy atom. The van der Waals surface area contributed by atoms with E-state index in [-0.39, 0.29) is 11.8 Å². The van der Waals surface area contributed by atoms with Crippen molar-refractivity contribution in [3.63, 3.8) is 0 Å². The van der Waals surface area contributed by atoms with E-state index in [0.717, 1.165) is 46.6 Å². The topological polar surface area (TPSA) is 49.3 Å². The summed E-state index contributed by atoms with van der Waals surface area (Å²) in [6.45, 7) is 5.08. The third kappa shape index (κ3) is 4.82. The van der Waals surface area contributed by atoms with Crippen LogP contribution in [0.15, 0.2) is 54.6 Å². The molecule has 4 rings (SSSR count). The van der Waals surface area contributed by atoms with Gasteiger partial charge in [0.2, 0.25) is 11.0 Å². The van der Waals surface area contributed by atoms with Crippen LogP contribution in [0.1, 0.15) is 36.2 Å². The van der Waals surface area contributed by atoms with Gasteiger partial charge < -0.3 is 9.80 Å². The molecular weight excluding hydrogens is 416 g/mol. The number of nitrogens with zero attached hydrogens (tertiary/aromatic N) is 4. The first-order valence-corrected chi connectivity index (χ1v) is 11.4. The first-order chi connectivity index (χ1) is 14.6. The molecule has 1 saturated heterocycles. The van der Waals surface area contributed by atoms with E-state index < -0.39 is 0 Å². The van der Waals surface area contributed by atoms with Crippen LogP contribution in [-0.2, 0) is 11.2 Å². The lowest BCUT2D eigenvalue weighted by atomic mass is 9.95. The van der Waals surface area contributed by atoms with Crippen molar-refractivity contribution in [3.8, 4) is 0 Å². The standard InChI is InChI=1S/C23H25ClN4OS/c1-2-20(18-6-4-3-5-7-18)22(29)27-12-14-28(15-13-27)23-25-21(26-30-23)16-17-8-10-19(24)11-9-17/h3-11,20H,2,12-16H2,1H3. The van der Waals surface area contributed by atoms with E-state index in [9.17, 15) is 4.79 Å². The largest absolute Gasteiger partial charge is 0.343 e. The highest BCUT2D eigenvalue weighted by Crippen LogP contribution is 2.25. The van der Waals surface area contributed by atoms with E-state index in [1.165, 1.54) is 11.5 Å². The molecule has 0 spiro atoms. The minimum Gasteiger partial charge on any atom is -0.343 e. The van der Waals surface area contributed by atoms with Crippen LogP contribution >= 0.6 is 23.1 Å². The van der Waals surface area contributed by atoms with Crippen LogP contribution in [0.5, 0.6) is 0 Å². The van der Waals surface area contributed by atoms with E-state index in [1.54, 1.807) is 0 Å². The molecule has 7 heteroatoms. The van der Waals surface area contributed by atoms with Gasteiger partial charge in [0.25, 0.3) is 0 Å². The molecule has 1 aliphatic heterocycles. The fourth-order valence-electron chi connectivity index (χ4n) is 3.81. The first-order valence-electron chi connectivity index (χ1n) is 10.3. The summed E-state index contributed by atoms with van der Waals surface area (Å²) in [6, 6.07) is 17.9. The molecule has 1 amide bonds. The van der Waals surface area contributed by atoms with E-state index in [0.29, 0.717) is 19.5 Å². The molecule has 2 aromatic carbocycles. The Morgan fingerprint density at radius 2 is 1.77 bits per heavy atom. The van der Waals surface area contributed by atoms with E-state index in [2.05, 4.69) is 16.2 Å². The average Bonchev–Trinajstić information content (AvgIpc) is 3.25. The maximum Gasteiger partial charge on any atom is 0.230 e. The summed E-state index contributed by atoms with van der Waals surface area (Å²) in [5.41, 5.74) is 2.24. The molecule has 1 aliphatic rings. The quantitative estimate of drug-likeness (QED) is 0.561. The maximum absolute atomic E-state index is 13.1. The third-order valence-electron chi connectivity index (χ3n) is 5.50. The van der Waals surface area contributed by atoms with Crippen molar-refractivity contribution in [2.75, 3.05) is 31.1 Å². The summed E-state index contributed by atoms with van der Waals surface area (Å²) in [4.78, 5) is 22.0. The predicted molar refractivity (Wildman–Crippen MR) is 122 cm³/mol. The molecule has 1 unspecified atom stereocenters. The second-order valence-electron chi connectivity index (χ2n) is 7.48. The Morgan fingerprint density at radius 1 is 1.07 bits per heavy atom. The van der Waals surface area contributed by atoms with Crippen molar-refractivity contribution in [1.29, 1.82) is 0 Å². The van der Waals surface area contributed by atoms with Crippen LogP contribution in [0.2, 0.25) is 5.02 Å². The van der Waals surface area contributed by atoms with Crippen molar-refractivity contribution >= 4 is 34.2 Å². The molecule has 0 saturated carbocycles. The molecule has 156 valence electrons. The molecule has 0 aliphatic carbocycles. The second kappa shape index (κ2) is 9.58. The molecule has 0 radical (unpaired) electrons. The van der Waals surface area contributed by atoms with Gasteiger partial charge in [-0.2, -0.15) is 4.37 Å². The molecule has 1 aromatic heterocycles. The second-order valence-corrected chi connectivity index (χ2v) is 8.65. The van der Waals surface area contributed by atoms with Gasteiger partial charge >= 0.3 is 0 Å². The molecule has 1 atom stereocenters. The zero-order chi connectivity index (χ0) is 20.9. The highest BCUT2D eigenvalue weighted by Gasteiger charge is 2.28. The molecule has 3 aromatic rings. The first kappa shape index (κ1) is 20.8. The van der Waals surface area contributed by atoms with Crippen molar-refractivity contribution in [2.24, 2.45) is 0 Å². The van der Waals surface area contributed by atoms with Crippen LogP contribution in [0.4, 0.5) is 5.13 Å². The van der Waals surface area contributed by atoms with Crippen LogP contribution in [-0.4, -0.2) is 46.3 Å². The number of anilines is 1. The van der Waals surface area contributed by atoms with Gasteiger partial charge in [-0.3, -0.25) is 4.79 Å². The van der Waals surface area contributed by atoms with E-state index in [1.807, 2.05) is 59.5 Å². The number of hydrogen-bond donors (Lipinski definition) is 0. The highest BCUT2D eigenvalue weighted by atomic mass is 35.5. The fraction of sp³-hybridized carbons (Fsp3) is 0.348. The fourth-order valence-corrected chi connectivity index (χ4v) is 4.67. The van der Waals surface area contributed by atoms with Gasteiger partial charge in [-0.25, -0.2) is 4.98 Å². The van der Waals surface area contributed by atoms with Gasteiger partial charge in [-0.05, 0) is 29.7 Å². The molecule has 0 N–H and O–H groups in total. The number of aromatic nitrogens is 2. The van der Waals surface area contributed by atoms with Gasteiger partial charge in [-0.1, -0.05) is 61.0 Å². The maximum atomic E-state index is 13.1. The summed E-state index contributed by atoms with van der Waals surface area (Å²) in [6.07, 6.45) is 1.51. The molecule has 1 fully saturated rings. The number of piperazine rings is 1. The van der Waals surface area contributed by atoms with Crippen molar-refractivity contribution in [3.05, 3.63) is 76.6 Å². The average molecular weight is 441 g/mol. The van der Waals surface area contributed by atoms with E-state index in [4.69, 9.17) is 16.6 Å². The lowest BCUT2D eigenvalue weighted by Gasteiger charge is -2.36. The van der Waals surface area contributed by atoms with Gasteiger partial charge in [0.05, 0.1) is 5.92 Å². The Labute approximate surface area is 186 Å². The number of amides is 1. The van der Waals surface area contributed by atoms with Gasteiger partial charge in [0, 0.05) is 49.2 Å². The monoisotopic (exact) mass is 440 g/mol. The van der Waals surface area contributed by atoms with Gasteiger partial charge in [-0.15, -0.1) is 0 Å². The molecule has 5 nitrogen and oxygen atoms in total. The number of benzene rings is 2. The Balaban J connectivity index is 1.35. The molecule has 30 heavy (non-hydrogen) atoms. The number of rotatable bonds is 6. The lowest BCUT2D eigenvalue weighted by Crippen LogP contribution is -2.50. The van der Waals surface area contributed by atoms with Gasteiger partial charge in [0.15, 0.2) is 0 Å². The van der Waals surface area contributed by atoms with Crippen LogP contribution in [0, 0.1) is 0 Å². The Hall–Kier alpha value is -2.44. The van der Waals surface area contributed by atoms with E-state index >= 15 is 0 Å². The third-order valence-corrected chi connectivity index (χ3v) is 6.57. The van der Waals surface area contributed by atoms with Crippen molar-refractivity contribution in [2.45, 2.75) is 25.7 Å². The summed E-state index contributed by atoms with van der Waals surface area (Å²) in [7, 11) is 0. The summed E-state index contributed by atoms with van der Waals surface area (Å²) in [5.74, 6) is 0.986. The van der Waals surface area contributed by atoms with Crippen molar-refractivity contribution < 1.29 is 4.79 Å². The molecule has 0 bridgehead atoms. The number of carbonyl (C=O) groups is 1. The number of hydrogen-bond acceptors (Lipinski definition) is 5. The minimum absolute atomic E-state index is 0.0646. The zero-order valence-corrected chi connectivity index (χ0v) is 18.6. The number of halogens is 1. The SMILES string of the molecule is CCC(C(=O)N1CCN(c2nc(Cc3ccc(Cl)cc3)ns2)CC1)c1ccccc1. The normalized spacial score (nSPS) is 15.3. The lowest BCUT2D eigenvalue weighted by molar-refractivity contribution is -0.133. The zero-order valence-electron chi connectivity index (χ0n) is 17.0. The van der Waals surface area contributed by atoms with Gasteiger partial charge in [0.1, 0.15) is 5.82 Å². The Kier molecular flexibility index (Phi) is 6.65. The summed E-state index contributed by atoms with van der Waals surface area (Å²) >= 11 is 7.39. The van der Waals surface area contributed by atoms with Crippen molar-refractivity contribution in [1.82, 2.24) is 14.3 Å². The van der Waals surface area contributed by atoms with Crippen LogP contribution in [0.3, 0.4) is 0 Å². The van der Waals surface area contributed by atoms with Crippen LogP contribution in [0.25, 0.3) is 0 Å². The smallest absolute Gasteiger partial charge is 0.230 e. The molecular formula is C23H25ClN4OS. The summed E-state index contributed by atoms with van der Waals surface area (Å²) < 4.78 is 4.52. The molecule has 2 heterocycles. The minimum atomic E-state index is -0.0646. The van der Waals surface area contributed by atoms with Crippen LogP contribution < -0.4 is 4.90 Å². The predicted octanol–water partition coefficient (Wildman–Crippen LogP) is 4.62. The number of carbonyl (C=O) groups excluding carboxylic acids is 1. The summed E-state index contributed by atoms with van der Waals surface area (Å²) in [5, 5.41) is 1.66. The Bertz CT molecular complexity index is 968.